The molecule has 0 radical (unpaired) electrons. The Morgan fingerprint density at radius 3 is 0.750 bits per heavy atom. The van der Waals surface area contributed by atoms with Crippen LogP contribution in [0, 0.1) is 0 Å². The van der Waals surface area contributed by atoms with E-state index in [0.717, 1.165) is 0 Å². The zero-order valence-electron chi connectivity index (χ0n) is 19.2. The highest BCUT2D eigenvalue weighted by atomic mass is 16.4. The minimum atomic E-state index is -2.44. The first kappa shape index (κ1) is 31.5. The van der Waals surface area contributed by atoms with Crippen LogP contribution in [0.4, 0.5) is 0 Å². The Labute approximate surface area is 171 Å². The molecule has 0 aromatic heterocycles. The van der Waals surface area contributed by atoms with Crippen molar-refractivity contribution < 1.29 is 39.0 Å². The van der Waals surface area contributed by atoms with Gasteiger partial charge in [-0.05, 0) is 55.4 Å². The lowest BCUT2D eigenvalue weighted by atomic mass is 10.2. The lowest BCUT2D eigenvalue weighted by molar-refractivity contribution is -0.921. The molecule has 170 valence electrons. The number of quaternary nitrogens is 2. The van der Waals surface area contributed by atoms with Crippen LogP contribution in [0.1, 0.15) is 55.4 Å². The summed E-state index contributed by atoms with van der Waals surface area (Å²) >= 11 is 0. The van der Waals surface area contributed by atoms with Crippen LogP contribution in [0.3, 0.4) is 0 Å². The van der Waals surface area contributed by atoms with E-state index >= 15 is 0 Å². The minimum absolute atomic E-state index is 1.28. The van der Waals surface area contributed by atoms with Crippen molar-refractivity contribution in [3.8, 4) is 0 Å². The molecule has 0 saturated heterocycles. The molecule has 0 saturated carbocycles. The molecule has 2 unspecified atom stereocenters. The van der Waals surface area contributed by atoms with Gasteiger partial charge < -0.3 is 39.0 Å². The van der Waals surface area contributed by atoms with Crippen molar-refractivity contribution in [2.75, 3.05) is 52.4 Å². The van der Waals surface area contributed by atoms with Crippen molar-refractivity contribution in [3.05, 3.63) is 0 Å². The molecule has 0 amide bonds. The van der Waals surface area contributed by atoms with Crippen molar-refractivity contribution in [3.63, 3.8) is 0 Å². The average molecular weight is 409 g/mol. The molecule has 0 heterocycles. The third-order valence-electron chi connectivity index (χ3n) is 6.15. The van der Waals surface area contributed by atoms with Crippen LogP contribution in [0.25, 0.3) is 0 Å². The molecular formula is C20H44N2O6. The van der Waals surface area contributed by atoms with Crippen molar-refractivity contribution in [1.29, 1.82) is 0 Å². The predicted molar refractivity (Wildman–Crippen MR) is 107 cm³/mol. The van der Waals surface area contributed by atoms with Gasteiger partial charge in [-0.15, -0.1) is 0 Å². The molecule has 0 bridgehead atoms. The van der Waals surface area contributed by atoms with E-state index in [1.54, 1.807) is 0 Å². The summed E-state index contributed by atoms with van der Waals surface area (Å²) in [6.07, 6.45) is -4.88. The van der Waals surface area contributed by atoms with Crippen molar-refractivity contribution in [1.82, 2.24) is 0 Å². The van der Waals surface area contributed by atoms with Gasteiger partial charge in [0.15, 0.2) is 0 Å². The van der Waals surface area contributed by atoms with Crippen LogP contribution in [0.15, 0.2) is 0 Å². The molecule has 0 spiro atoms. The van der Waals surface area contributed by atoms with Crippen LogP contribution in [-0.2, 0) is 9.59 Å². The van der Waals surface area contributed by atoms with Gasteiger partial charge in [-0.2, -0.15) is 0 Å². The number of aliphatic hydroxyl groups excluding tert-OH is 2. The first-order chi connectivity index (χ1) is 12.9. The third kappa shape index (κ3) is 11.6. The fraction of sp³-hybridized carbons (Fsp3) is 0.900. The van der Waals surface area contributed by atoms with Gasteiger partial charge in [0.2, 0.25) is 0 Å². The van der Waals surface area contributed by atoms with Gasteiger partial charge in [-0.25, -0.2) is 0 Å². The van der Waals surface area contributed by atoms with Gasteiger partial charge in [-0.3, -0.25) is 0 Å². The van der Waals surface area contributed by atoms with Gasteiger partial charge in [0.25, 0.3) is 0 Å². The van der Waals surface area contributed by atoms with Crippen LogP contribution in [-0.4, -0.2) is 95.7 Å². The van der Waals surface area contributed by atoms with E-state index in [4.69, 9.17) is 10.2 Å². The number of carboxylic acid groups (broad SMARTS) is 2. The van der Waals surface area contributed by atoms with Gasteiger partial charge in [-0.1, -0.05) is 0 Å². The monoisotopic (exact) mass is 408 g/mol. The van der Waals surface area contributed by atoms with Crippen molar-refractivity contribution in [2.24, 2.45) is 0 Å². The molecule has 8 nitrogen and oxygen atoms in total. The molecule has 2 N–H and O–H groups in total. The number of aliphatic hydroxyl groups is 2. The molecule has 0 aliphatic rings. The Kier molecular flexibility index (Phi) is 18.8. The standard InChI is InChI=1S/2C8H20N.C4H6O6/c2*1-5-9(6-2,7-3)8-4;5-1(3(7)8)2(6)4(9)10/h2*5-8H2,1-4H3;1-2,5-6H,(H,7,8)(H,9,10)/q2*+1;/p-2. The maximum Gasteiger partial charge on any atom is 0.124 e. The number of aliphatic carboxylic acids is 2. The fourth-order valence-electron chi connectivity index (χ4n) is 2.94. The molecule has 0 aliphatic carbocycles. The largest absolute Gasteiger partial charge is 0.547 e. The molecule has 28 heavy (non-hydrogen) atoms. The summed E-state index contributed by atoms with van der Waals surface area (Å²) in [7, 11) is 0. The number of rotatable bonds is 11. The van der Waals surface area contributed by atoms with Crippen LogP contribution < -0.4 is 10.2 Å². The predicted octanol–water partition coefficient (Wildman–Crippen LogP) is -1.03. The van der Waals surface area contributed by atoms with E-state index in [9.17, 15) is 19.8 Å². The van der Waals surface area contributed by atoms with E-state index in [1.807, 2.05) is 0 Å². The Morgan fingerprint density at radius 1 is 0.571 bits per heavy atom. The van der Waals surface area contributed by atoms with E-state index in [1.165, 1.54) is 61.3 Å². The lowest BCUT2D eigenvalue weighted by Gasteiger charge is -2.34. The van der Waals surface area contributed by atoms with Gasteiger partial charge >= 0.3 is 0 Å². The van der Waals surface area contributed by atoms with E-state index in [0.29, 0.717) is 0 Å². The van der Waals surface area contributed by atoms with Gasteiger partial charge in [0.05, 0.1) is 64.3 Å². The lowest BCUT2D eigenvalue weighted by Crippen LogP contribution is -2.51. The summed E-state index contributed by atoms with van der Waals surface area (Å²) in [6.45, 7) is 28.4. The number of nitrogens with zero attached hydrogens (tertiary/aromatic N) is 2. The Morgan fingerprint density at radius 2 is 0.714 bits per heavy atom. The molecule has 0 aliphatic heterocycles. The highest BCUT2D eigenvalue weighted by Gasteiger charge is 2.18. The summed E-state index contributed by atoms with van der Waals surface area (Å²) in [5.74, 6) is -4.12. The number of carbonyl (C=O) groups excluding carboxylic acids is 2. The maximum atomic E-state index is 9.63. The second-order valence-corrected chi connectivity index (χ2v) is 6.74. The van der Waals surface area contributed by atoms with Gasteiger partial charge in [0.1, 0.15) is 12.2 Å². The highest BCUT2D eigenvalue weighted by molar-refractivity contribution is 5.80. The Balaban J connectivity index is -0.000000336. The van der Waals surface area contributed by atoms with Crippen molar-refractivity contribution in [2.45, 2.75) is 67.6 Å². The molecule has 0 aromatic carbocycles. The first-order valence-corrected chi connectivity index (χ1v) is 10.4. The topological polar surface area (TPSA) is 121 Å². The minimum Gasteiger partial charge on any atom is -0.547 e. The summed E-state index contributed by atoms with van der Waals surface area (Å²) in [4.78, 5) is 19.3. The molecule has 0 rings (SSSR count). The summed E-state index contributed by atoms with van der Waals surface area (Å²) in [5, 5.41) is 35.7. The van der Waals surface area contributed by atoms with Crippen LogP contribution in [0.5, 0.6) is 0 Å². The maximum absolute atomic E-state index is 9.63. The second-order valence-electron chi connectivity index (χ2n) is 6.74. The molecule has 0 aromatic rings. The summed E-state index contributed by atoms with van der Waals surface area (Å²) < 4.78 is 2.56. The molecule has 2 atom stereocenters. The summed E-state index contributed by atoms with van der Waals surface area (Å²) in [5.41, 5.74) is 0. The SMILES string of the molecule is CC[N+](CC)(CC)CC.CC[N+](CC)(CC)CC.O=C([O-])C(O)C(O)C(=O)[O-]. The zero-order chi connectivity index (χ0) is 23.0. The van der Waals surface area contributed by atoms with E-state index in [-0.39, 0.29) is 0 Å². The third-order valence-corrected chi connectivity index (χ3v) is 6.15. The highest BCUT2D eigenvalue weighted by Crippen LogP contribution is 2.04. The normalized spacial score (nSPS) is 13.4. The smallest absolute Gasteiger partial charge is 0.124 e. The average Bonchev–Trinajstić information content (AvgIpc) is 2.72. The van der Waals surface area contributed by atoms with Gasteiger partial charge in [0, 0.05) is 0 Å². The quantitative estimate of drug-likeness (QED) is 0.422. The Bertz CT molecular complexity index is 336. The number of hydrogen-bond acceptors (Lipinski definition) is 6. The summed E-state index contributed by atoms with van der Waals surface area (Å²) in [6, 6.07) is 0. The Hall–Kier alpha value is -1.22. The van der Waals surface area contributed by atoms with Crippen LogP contribution >= 0.6 is 0 Å². The fourth-order valence-corrected chi connectivity index (χ4v) is 2.94. The zero-order valence-corrected chi connectivity index (χ0v) is 19.2. The molecule has 8 heteroatoms. The van der Waals surface area contributed by atoms with E-state index < -0.39 is 24.1 Å². The first-order valence-electron chi connectivity index (χ1n) is 10.4. The molecular weight excluding hydrogens is 364 g/mol. The number of carbonyl (C=O) groups is 2. The second kappa shape index (κ2) is 16.7. The van der Waals surface area contributed by atoms with Crippen LogP contribution in [0.2, 0.25) is 0 Å². The molecule has 0 fully saturated rings. The number of hydrogen-bond donors (Lipinski definition) is 2. The van der Waals surface area contributed by atoms with Crippen molar-refractivity contribution >= 4 is 11.9 Å². The van der Waals surface area contributed by atoms with E-state index in [2.05, 4.69) is 55.4 Å². The number of carboxylic acids is 2.